The first kappa shape index (κ1) is 13.2. The zero-order valence-electron chi connectivity index (χ0n) is 9.78. The molecule has 0 aromatic heterocycles. The summed E-state index contributed by atoms with van der Waals surface area (Å²) in [5.41, 5.74) is 0. The number of thiocarbonyl (C=S) groups is 1. The van der Waals surface area contributed by atoms with Crippen molar-refractivity contribution >= 4 is 23.4 Å². The maximum atomic E-state index is 11.1. The van der Waals surface area contributed by atoms with Crippen molar-refractivity contribution in [3.05, 3.63) is 0 Å². The van der Waals surface area contributed by atoms with E-state index in [1.165, 1.54) is 0 Å². The zero-order chi connectivity index (χ0) is 12.0. The normalized spacial score (nSPS) is 17.9. The number of likely N-dealkylation sites (tertiary alicyclic amines) is 1. The fourth-order valence-corrected chi connectivity index (χ4v) is 1.88. The summed E-state index contributed by atoms with van der Waals surface area (Å²) in [7, 11) is 2.10. The van der Waals surface area contributed by atoms with Crippen LogP contribution < -0.4 is 10.6 Å². The first-order valence-electron chi connectivity index (χ1n) is 5.54. The molecule has 92 valence electrons. The summed E-state index contributed by atoms with van der Waals surface area (Å²) in [5.74, 6) is 0. The fourth-order valence-electron chi connectivity index (χ4n) is 1.63. The zero-order valence-corrected chi connectivity index (χ0v) is 10.6. The summed E-state index contributed by atoms with van der Waals surface area (Å²) in [6, 6.07) is 0.352. The van der Waals surface area contributed by atoms with Crippen molar-refractivity contribution in [2.24, 2.45) is 0 Å². The van der Waals surface area contributed by atoms with E-state index in [0.29, 0.717) is 17.8 Å². The molecule has 1 aliphatic rings. The molecular weight excluding hydrogens is 226 g/mol. The third-order valence-electron chi connectivity index (χ3n) is 2.54. The van der Waals surface area contributed by atoms with Crippen LogP contribution in [0.3, 0.4) is 0 Å². The molecule has 0 atom stereocenters. The highest BCUT2D eigenvalue weighted by Crippen LogP contribution is 2.07. The van der Waals surface area contributed by atoms with Crippen molar-refractivity contribution in [1.29, 1.82) is 0 Å². The van der Waals surface area contributed by atoms with Crippen LogP contribution in [0.2, 0.25) is 0 Å². The molecule has 1 heterocycles. The van der Waals surface area contributed by atoms with E-state index in [4.69, 9.17) is 17.0 Å². The van der Waals surface area contributed by atoms with Gasteiger partial charge in [-0.25, -0.2) is 4.79 Å². The van der Waals surface area contributed by atoms with Gasteiger partial charge in [0, 0.05) is 6.04 Å². The second-order valence-corrected chi connectivity index (χ2v) is 4.30. The van der Waals surface area contributed by atoms with Gasteiger partial charge in [0.05, 0.1) is 6.61 Å². The number of hydrogen-bond acceptors (Lipinski definition) is 4. The average Bonchev–Trinajstić information content (AvgIpc) is 2.21. The van der Waals surface area contributed by atoms with Crippen LogP contribution >= 0.6 is 12.2 Å². The SMILES string of the molecule is CCOC(=O)NC(=S)NC1CCN(C)CC1. The van der Waals surface area contributed by atoms with Crippen molar-refractivity contribution in [2.75, 3.05) is 26.7 Å². The van der Waals surface area contributed by atoms with E-state index in [2.05, 4.69) is 22.6 Å². The minimum atomic E-state index is -0.493. The lowest BCUT2D eigenvalue weighted by molar-refractivity contribution is 0.157. The minimum Gasteiger partial charge on any atom is -0.450 e. The third-order valence-corrected chi connectivity index (χ3v) is 2.76. The Morgan fingerprint density at radius 2 is 2.12 bits per heavy atom. The highest BCUT2D eigenvalue weighted by atomic mass is 32.1. The number of carbonyl (C=O) groups is 1. The first-order valence-corrected chi connectivity index (χ1v) is 5.95. The Kier molecular flexibility index (Phi) is 5.48. The van der Waals surface area contributed by atoms with Gasteiger partial charge in [-0.05, 0) is 52.1 Å². The first-order chi connectivity index (χ1) is 7.61. The predicted octanol–water partition coefficient (Wildman–Crippen LogP) is 0.701. The number of ether oxygens (including phenoxy) is 1. The molecule has 5 nitrogen and oxygen atoms in total. The van der Waals surface area contributed by atoms with Gasteiger partial charge in [0.25, 0.3) is 0 Å². The topological polar surface area (TPSA) is 53.6 Å². The Balaban J connectivity index is 2.21. The van der Waals surface area contributed by atoms with Crippen molar-refractivity contribution in [3.63, 3.8) is 0 Å². The number of nitrogens with zero attached hydrogens (tertiary/aromatic N) is 1. The molecule has 1 fully saturated rings. The van der Waals surface area contributed by atoms with Gasteiger partial charge in [-0.1, -0.05) is 0 Å². The summed E-state index contributed by atoms with van der Waals surface area (Å²) >= 11 is 5.02. The Morgan fingerprint density at radius 1 is 1.50 bits per heavy atom. The molecule has 2 N–H and O–H groups in total. The maximum Gasteiger partial charge on any atom is 0.413 e. The molecule has 0 unspecified atom stereocenters. The van der Waals surface area contributed by atoms with Gasteiger partial charge in [-0.2, -0.15) is 0 Å². The van der Waals surface area contributed by atoms with E-state index in [1.54, 1.807) is 6.92 Å². The van der Waals surface area contributed by atoms with Crippen molar-refractivity contribution < 1.29 is 9.53 Å². The predicted molar refractivity (Wildman–Crippen MR) is 66.4 cm³/mol. The van der Waals surface area contributed by atoms with Crippen molar-refractivity contribution in [3.8, 4) is 0 Å². The number of carbonyl (C=O) groups excluding carboxylic acids is 1. The van der Waals surface area contributed by atoms with Crippen LogP contribution in [0.25, 0.3) is 0 Å². The summed E-state index contributed by atoms with van der Waals surface area (Å²) in [4.78, 5) is 13.4. The number of piperidine rings is 1. The summed E-state index contributed by atoms with van der Waals surface area (Å²) < 4.78 is 4.73. The van der Waals surface area contributed by atoms with Gasteiger partial charge in [-0.15, -0.1) is 0 Å². The van der Waals surface area contributed by atoms with Gasteiger partial charge in [0.2, 0.25) is 0 Å². The van der Waals surface area contributed by atoms with Gasteiger partial charge in [0.15, 0.2) is 5.11 Å². The van der Waals surface area contributed by atoms with E-state index in [-0.39, 0.29) is 0 Å². The molecule has 0 radical (unpaired) electrons. The summed E-state index contributed by atoms with van der Waals surface area (Å²) in [6.07, 6.45) is 1.59. The van der Waals surface area contributed by atoms with Gasteiger partial charge >= 0.3 is 6.09 Å². The number of nitrogens with one attached hydrogen (secondary N) is 2. The van der Waals surface area contributed by atoms with Crippen LogP contribution in [0.4, 0.5) is 4.79 Å². The van der Waals surface area contributed by atoms with Crippen molar-refractivity contribution in [2.45, 2.75) is 25.8 Å². The van der Waals surface area contributed by atoms with E-state index in [1.807, 2.05) is 0 Å². The van der Waals surface area contributed by atoms with E-state index < -0.39 is 6.09 Å². The molecule has 0 aromatic carbocycles. The molecule has 1 rings (SSSR count). The molecule has 1 saturated heterocycles. The van der Waals surface area contributed by atoms with Gasteiger partial charge in [0.1, 0.15) is 0 Å². The molecule has 1 aliphatic heterocycles. The summed E-state index contributed by atoms with van der Waals surface area (Å²) in [5, 5.41) is 5.96. The number of alkyl carbamates (subject to hydrolysis) is 1. The molecule has 1 amide bonds. The van der Waals surface area contributed by atoms with E-state index in [9.17, 15) is 4.79 Å². The third kappa shape index (κ3) is 4.76. The maximum absolute atomic E-state index is 11.1. The average molecular weight is 245 g/mol. The largest absolute Gasteiger partial charge is 0.450 e. The monoisotopic (exact) mass is 245 g/mol. The Hall–Kier alpha value is -0.880. The number of rotatable bonds is 2. The van der Waals surface area contributed by atoms with Gasteiger partial charge in [-0.3, -0.25) is 5.32 Å². The number of hydrogen-bond donors (Lipinski definition) is 2. The molecule has 16 heavy (non-hydrogen) atoms. The summed E-state index contributed by atoms with van der Waals surface area (Å²) in [6.45, 7) is 4.22. The molecular formula is C10H19N3O2S. The highest BCUT2D eigenvalue weighted by Gasteiger charge is 2.17. The second-order valence-electron chi connectivity index (χ2n) is 3.90. The second kappa shape index (κ2) is 6.65. The molecule has 0 saturated carbocycles. The minimum absolute atomic E-state index is 0.350. The van der Waals surface area contributed by atoms with E-state index in [0.717, 1.165) is 25.9 Å². The Morgan fingerprint density at radius 3 is 2.69 bits per heavy atom. The van der Waals surface area contributed by atoms with Crippen LogP contribution in [0.1, 0.15) is 19.8 Å². The standard InChI is InChI=1S/C10H19N3O2S/c1-3-15-10(14)12-9(16)11-8-4-6-13(2)7-5-8/h8H,3-7H2,1-2H3,(H2,11,12,14,16). The van der Waals surface area contributed by atoms with Crippen molar-refractivity contribution in [1.82, 2.24) is 15.5 Å². The van der Waals surface area contributed by atoms with E-state index >= 15 is 0 Å². The lowest BCUT2D eigenvalue weighted by atomic mass is 10.1. The van der Waals surface area contributed by atoms with Crippen LogP contribution in [-0.2, 0) is 4.74 Å². The molecule has 0 bridgehead atoms. The van der Waals surface area contributed by atoms with Crippen LogP contribution in [0.5, 0.6) is 0 Å². The van der Waals surface area contributed by atoms with Crippen LogP contribution in [0, 0.1) is 0 Å². The Bertz CT molecular complexity index is 252. The fraction of sp³-hybridized carbons (Fsp3) is 0.800. The number of amides is 1. The smallest absolute Gasteiger partial charge is 0.413 e. The Labute approximate surface area is 102 Å². The highest BCUT2D eigenvalue weighted by molar-refractivity contribution is 7.80. The quantitative estimate of drug-likeness (QED) is 0.702. The molecule has 6 heteroatoms. The van der Waals surface area contributed by atoms with Gasteiger partial charge < -0.3 is 15.0 Å². The molecule has 0 aliphatic carbocycles. The lowest BCUT2D eigenvalue weighted by Crippen LogP contribution is -2.48. The van der Waals surface area contributed by atoms with Crippen LogP contribution in [-0.4, -0.2) is 48.9 Å². The van der Waals surface area contributed by atoms with Crippen LogP contribution in [0.15, 0.2) is 0 Å². The lowest BCUT2D eigenvalue weighted by Gasteiger charge is -2.30. The molecule has 0 spiro atoms. The molecule has 0 aromatic rings.